The van der Waals surface area contributed by atoms with Gasteiger partial charge in [0.2, 0.25) is 0 Å². The highest BCUT2D eigenvalue weighted by molar-refractivity contribution is 5.67. The fourth-order valence-corrected chi connectivity index (χ4v) is 3.81. The molecule has 3 aromatic rings. The van der Waals surface area contributed by atoms with E-state index in [4.69, 9.17) is 9.47 Å². The van der Waals surface area contributed by atoms with Gasteiger partial charge in [-0.05, 0) is 56.6 Å². The summed E-state index contributed by atoms with van der Waals surface area (Å²) in [4.78, 5) is 43.5. The van der Waals surface area contributed by atoms with Gasteiger partial charge in [-0.1, -0.05) is 60.7 Å². The zero-order chi connectivity index (χ0) is 27.0. The van der Waals surface area contributed by atoms with Crippen molar-refractivity contribution >= 4 is 12.2 Å². The number of carbonyl (C=O) groups is 2. The Balaban J connectivity index is 1.27. The van der Waals surface area contributed by atoms with Gasteiger partial charge in [-0.3, -0.25) is 9.78 Å². The lowest BCUT2D eigenvalue weighted by atomic mass is 10.1. The number of hydrogen-bond donors (Lipinski definition) is 3. The van der Waals surface area contributed by atoms with Crippen molar-refractivity contribution in [3.63, 3.8) is 0 Å². The van der Waals surface area contributed by atoms with E-state index in [0.717, 1.165) is 41.8 Å². The van der Waals surface area contributed by atoms with Gasteiger partial charge >= 0.3 is 12.2 Å². The van der Waals surface area contributed by atoms with Crippen LogP contribution in [0.15, 0.2) is 65.5 Å². The number of aromatic amines is 1. The fraction of sp³-hybridized carbons (Fsp3) is 0.379. The molecule has 0 unspecified atom stereocenters. The van der Waals surface area contributed by atoms with Gasteiger partial charge in [0.25, 0.3) is 5.56 Å². The predicted octanol–water partition coefficient (Wildman–Crippen LogP) is 4.58. The number of rotatable bonds is 14. The highest BCUT2D eigenvalue weighted by Crippen LogP contribution is 2.07. The second-order valence-electron chi connectivity index (χ2n) is 8.97. The Morgan fingerprint density at radius 3 is 1.79 bits per heavy atom. The van der Waals surface area contributed by atoms with Crippen LogP contribution in [0, 0.1) is 6.92 Å². The molecular formula is C29H36N4O5. The number of hydrogen-bond acceptors (Lipinski definition) is 6. The van der Waals surface area contributed by atoms with Crippen molar-refractivity contribution < 1.29 is 19.1 Å². The van der Waals surface area contributed by atoms with E-state index in [1.54, 1.807) is 0 Å². The molecule has 0 bridgehead atoms. The van der Waals surface area contributed by atoms with Crippen LogP contribution in [0.25, 0.3) is 0 Å². The molecule has 38 heavy (non-hydrogen) atoms. The standard InChI is InChI=1S/C29H36N4O5/c1-22-25(16-8-10-18-30-28(35)37-20-23-12-4-2-5-13-23)33-27(34)26(32-22)17-9-11-19-31-29(36)38-21-24-14-6-3-7-15-24/h2-7,12-15H,8-11,16-21H2,1H3,(H,30,35)(H,31,36)(H,33,34). The summed E-state index contributed by atoms with van der Waals surface area (Å²) in [5.41, 5.74) is 3.81. The third kappa shape index (κ3) is 10.5. The van der Waals surface area contributed by atoms with Crippen LogP contribution in [-0.2, 0) is 35.5 Å². The largest absolute Gasteiger partial charge is 0.445 e. The number of carbonyl (C=O) groups excluding carboxylic acids is 2. The molecule has 0 aliphatic heterocycles. The van der Waals surface area contributed by atoms with E-state index < -0.39 is 12.2 Å². The molecule has 0 aliphatic rings. The van der Waals surface area contributed by atoms with E-state index in [2.05, 4.69) is 20.6 Å². The fourth-order valence-electron chi connectivity index (χ4n) is 3.81. The quantitative estimate of drug-likeness (QED) is 0.268. The Morgan fingerprint density at radius 1 is 0.763 bits per heavy atom. The van der Waals surface area contributed by atoms with Crippen LogP contribution in [0.4, 0.5) is 9.59 Å². The Kier molecular flexibility index (Phi) is 11.9. The third-order valence-corrected chi connectivity index (χ3v) is 5.92. The maximum absolute atomic E-state index is 12.5. The first-order valence-electron chi connectivity index (χ1n) is 13.0. The Hall–Kier alpha value is -4.14. The number of aromatic nitrogens is 2. The molecule has 3 N–H and O–H groups in total. The van der Waals surface area contributed by atoms with E-state index in [0.29, 0.717) is 38.0 Å². The number of benzene rings is 2. The number of alkyl carbamates (subject to hydrolysis) is 2. The van der Waals surface area contributed by atoms with Crippen LogP contribution in [0.2, 0.25) is 0 Å². The lowest BCUT2D eigenvalue weighted by Crippen LogP contribution is -2.25. The van der Waals surface area contributed by atoms with Crippen molar-refractivity contribution in [3.05, 3.63) is 99.2 Å². The van der Waals surface area contributed by atoms with Crippen molar-refractivity contribution in [2.24, 2.45) is 0 Å². The van der Waals surface area contributed by atoms with Gasteiger partial charge in [0.1, 0.15) is 18.9 Å². The first-order valence-corrected chi connectivity index (χ1v) is 13.0. The van der Waals surface area contributed by atoms with E-state index in [1.807, 2.05) is 67.6 Å². The molecule has 9 nitrogen and oxygen atoms in total. The van der Waals surface area contributed by atoms with Crippen LogP contribution in [-0.4, -0.2) is 35.2 Å². The summed E-state index contributed by atoms with van der Waals surface area (Å²) in [5.74, 6) is 0. The first kappa shape index (κ1) is 28.4. The van der Waals surface area contributed by atoms with Crippen molar-refractivity contribution in [2.75, 3.05) is 13.1 Å². The molecule has 9 heteroatoms. The number of unbranched alkanes of at least 4 members (excludes halogenated alkanes) is 2. The predicted molar refractivity (Wildman–Crippen MR) is 145 cm³/mol. The Morgan fingerprint density at radius 2 is 1.26 bits per heavy atom. The molecule has 202 valence electrons. The lowest BCUT2D eigenvalue weighted by molar-refractivity contribution is 0.138. The molecule has 2 amide bonds. The van der Waals surface area contributed by atoms with E-state index >= 15 is 0 Å². The Bertz CT molecular complexity index is 1200. The molecule has 0 atom stereocenters. The summed E-state index contributed by atoms with van der Waals surface area (Å²) >= 11 is 0. The average Bonchev–Trinajstić information content (AvgIpc) is 2.93. The van der Waals surface area contributed by atoms with Gasteiger partial charge in [-0.15, -0.1) is 0 Å². The van der Waals surface area contributed by atoms with Gasteiger partial charge in [0, 0.05) is 18.8 Å². The van der Waals surface area contributed by atoms with Crippen molar-refractivity contribution in [2.45, 2.75) is 58.7 Å². The summed E-state index contributed by atoms with van der Waals surface area (Å²) in [6, 6.07) is 19.0. The summed E-state index contributed by atoms with van der Waals surface area (Å²) in [5, 5.41) is 5.47. The summed E-state index contributed by atoms with van der Waals surface area (Å²) in [6.45, 7) is 3.32. The average molecular weight is 521 g/mol. The van der Waals surface area contributed by atoms with Gasteiger partial charge in [-0.2, -0.15) is 0 Å². The number of nitrogens with one attached hydrogen (secondary N) is 3. The molecule has 2 aromatic carbocycles. The van der Waals surface area contributed by atoms with E-state index in [-0.39, 0.29) is 18.8 Å². The molecule has 0 spiro atoms. The van der Waals surface area contributed by atoms with E-state index in [9.17, 15) is 14.4 Å². The van der Waals surface area contributed by atoms with Gasteiger partial charge in [-0.25, -0.2) is 9.59 Å². The molecule has 1 aromatic heterocycles. The summed E-state index contributed by atoms with van der Waals surface area (Å²) in [7, 11) is 0. The summed E-state index contributed by atoms with van der Waals surface area (Å²) < 4.78 is 10.4. The molecule has 0 radical (unpaired) electrons. The number of ether oxygens (including phenoxy) is 2. The molecule has 0 fully saturated rings. The number of aryl methyl sites for hydroxylation is 3. The number of nitrogens with zero attached hydrogens (tertiary/aromatic N) is 1. The second kappa shape index (κ2) is 15.9. The molecule has 3 rings (SSSR count). The monoisotopic (exact) mass is 520 g/mol. The molecular weight excluding hydrogens is 484 g/mol. The molecule has 0 saturated carbocycles. The zero-order valence-electron chi connectivity index (χ0n) is 21.8. The Labute approximate surface area is 223 Å². The maximum Gasteiger partial charge on any atom is 0.407 e. The van der Waals surface area contributed by atoms with Gasteiger partial charge < -0.3 is 25.1 Å². The maximum atomic E-state index is 12.5. The first-order chi connectivity index (χ1) is 18.5. The van der Waals surface area contributed by atoms with Crippen LogP contribution in [0.1, 0.15) is 53.9 Å². The van der Waals surface area contributed by atoms with Gasteiger partial charge in [0.15, 0.2) is 0 Å². The highest BCUT2D eigenvalue weighted by Gasteiger charge is 2.09. The zero-order valence-corrected chi connectivity index (χ0v) is 21.8. The van der Waals surface area contributed by atoms with Crippen molar-refractivity contribution in [3.8, 4) is 0 Å². The normalized spacial score (nSPS) is 10.6. The van der Waals surface area contributed by atoms with Crippen LogP contribution < -0.4 is 16.2 Å². The molecule has 1 heterocycles. The van der Waals surface area contributed by atoms with Crippen LogP contribution >= 0.6 is 0 Å². The number of H-pyrrole nitrogens is 1. The molecule has 0 aliphatic carbocycles. The van der Waals surface area contributed by atoms with Crippen molar-refractivity contribution in [1.82, 2.24) is 20.6 Å². The summed E-state index contributed by atoms with van der Waals surface area (Å²) in [6.07, 6.45) is 3.29. The van der Waals surface area contributed by atoms with E-state index in [1.165, 1.54) is 0 Å². The minimum atomic E-state index is -0.454. The molecule has 0 saturated heterocycles. The lowest BCUT2D eigenvalue weighted by Gasteiger charge is -2.09. The minimum Gasteiger partial charge on any atom is -0.445 e. The van der Waals surface area contributed by atoms with Crippen LogP contribution in [0.5, 0.6) is 0 Å². The third-order valence-electron chi connectivity index (χ3n) is 5.92. The minimum absolute atomic E-state index is 0.177. The van der Waals surface area contributed by atoms with Crippen molar-refractivity contribution in [1.29, 1.82) is 0 Å². The van der Waals surface area contributed by atoms with Crippen LogP contribution in [0.3, 0.4) is 0 Å². The second-order valence-corrected chi connectivity index (χ2v) is 8.97. The highest BCUT2D eigenvalue weighted by atomic mass is 16.6. The number of amides is 2. The topological polar surface area (TPSA) is 122 Å². The SMILES string of the molecule is Cc1nc(CCCCNC(=O)OCc2ccccc2)c(=O)[nH]c1CCCCNC(=O)OCc1ccccc1. The smallest absolute Gasteiger partial charge is 0.407 e. The van der Waals surface area contributed by atoms with Gasteiger partial charge in [0.05, 0.1) is 5.69 Å².